The zero-order valence-electron chi connectivity index (χ0n) is 12.8. The topological polar surface area (TPSA) is 75.3 Å². The molecular weight excluding hydrogens is 369 g/mol. The van der Waals surface area contributed by atoms with Crippen LogP contribution in [0.2, 0.25) is 0 Å². The fourth-order valence-corrected chi connectivity index (χ4v) is 1.78. The Morgan fingerprint density at radius 1 is 1.40 bits per heavy atom. The van der Waals surface area contributed by atoms with Crippen LogP contribution in [0.3, 0.4) is 0 Å². The maximum Gasteiger partial charge on any atom is 0.223 e. The molecular formula is C13H26IN5O. The lowest BCUT2D eigenvalue weighted by Crippen LogP contribution is -2.42. The van der Waals surface area contributed by atoms with Crippen molar-refractivity contribution in [1.82, 2.24) is 20.8 Å². The van der Waals surface area contributed by atoms with Crippen LogP contribution in [0.4, 0.5) is 0 Å². The minimum Gasteiger partial charge on any atom is -0.354 e. The smallest absolute Gasteiger partial charge is 0.223 e. The molecule has 0 aromatic carbocycles. The normalized spacial score (nSPS) is 12.7. The summed E-state index contributed by atoms with van der Waals surface area (Å²) in [6.45, 7) is 6.67. The second-order valence-corrected chi connectivity index (χ2v) is 4.70. The summed E-state index contributed by atoms with van der Waals surface area (Å²) in [5.41, 5.74) is 0. The molecule has 0 aliphatic heterocycles. The average molecular weight is 395 g/mol. The van der Waals surface area contributed by atoms with Gasteiger partial charge in [-0.05, 0) is 13.3 Å². The molecule has 1 aromatic rings. The second kappa shape index (κ2) is 10.9. The molecule has 0 radical (unpaired) electrons. The quantitative estimate of drug-likeness (QED) is 0.321. The Labute approximate surface area is 138 Å². The summed E-state index contributed by atoms with van der Waals surface area (Å²) in [5, 5.41) is 10.4. The van der Waals surface area contributed by atoms with Gasteiger partial charge in [0.25, 0.3) is 0 Å². The van der Waals surface area contributed by atoms with Gasteiger partial charge in [0, 0.05) is 20.0 Å². The van der Waals surface area contributed by atoms with Gasteiger partial charge >= 0.3 is 0 Å². The third kappa shape index (κ3) is 7.66. The average Bonchev–Trinajstić information content (AvgIpc) is 2.80. The van der Waals surface area contributed by atoms with Crippen LogP contribution in [0.1, 0.15) is 51.2 Å². The lowest BCUT2D eigenvalue weighted by atomic mass is 10.1. The maximum absolute atomic E-state index is 4.92. The number of guanidine groups is 1. The lowest BCUT2D eigenvalue weighted by molar-refractivity contribution is 0.386. The van der Waals surface area contributed by atoms with Crippen LogP contribution in [0.25, 0.3) is 0 Å². The molecule has 1 unspecified atom stereocenters. The van der Waals surface area contributed by atoms with Crippen molar-refractivity contribution in [1.29, 1.82) is 0 Å². The number of unbranched alkanes of at least 4 members (excludes halogenated alkanes) is 2. The van der Waals surface area contributed by atoms with Crippen molar-refractivity contribution in [3.05, 3.63) is 11.7 Å². The van der Waals surface area contributed by atoms with Crippen LogP contribution in [0, 0.1) is 6.92 Å². The van der Waals surface area contributed by atoms with Gasteiger partial charge in [0.2, 0.25) is 5.89 Å². The summed E-state index contributed by atoms with van der Waals surface area (Å²) in [6, 6.07) is 0.407. The van der Waals surface area contributed by atoms with E-state index in [-0.39, 0.29) is 24.0 Å². The number of nitrogens with one attached hydrogen (secondary N) is 2. The summed E-state index contributed by atoms with van der Waals surface area (Å²) in [7, 11) is 1.76. The molecule has 20 heavy (non-hydrogen) atoms. The van der Waals surface area contributed by atoms with E-state index < -0.39 is 0 Å². The van der Waals surface area contributed by atoms with E-state index in [1.165, 1.54) is 19.3 Å². The third-order valence-corrected chi connectivity index (χ3v) is 2.83. The molecule has 0 saturated heterocycles. The monoisotopic (exact) mass is 395 g/mol. The molecule has 0 aliphatic carbocycles. The Balaban J connectivity index is 0.00000361. The molecule has 0 saturated carbocycles. The van der Waals surface area contributed by atoms with E-state index in [0.717, 1.165) is 12.4 Å². The molecule has 1 heterocycles. The summed E-state index contributed by atoms with van der Waals surface area (Å²) < 4.78 is 4.92. The Hall–Kier alpha value is -0.860. The minimum atomic E-state index is 0. The van der Waals surface area contributed by atoms with E-state index in [1.807, 2.05) is 0 Å². The summed E-state index contributed by atoms with van der Waals surface area (Å²) >= 11 is 0. The fraction of sp³-hybridized carbons (Fsp3) is 0.769. The van der Waals surface area contributed by atoms with Gasteiger partial charge < -0.3 is 15.2 Å². The first kappa shape index (κ1) is 19.1. The molecule has 2 N–H and O–H groups in total. The van der Waals surface area contributed by atoms with Crippen molar-refractivity contribution in [3.8, 4) is 0 Å². The predicted molar refractivity (Wildman–Crippen MR) is 91.4 cm³/mol. The molecule has 0 bridgehead atoms. The summed E-state index contributed by atoms with van der Waals surface area (Å²) in [5.74, 6) is 1.98. The van der Waals surface area contributed by atoms with Crippen molar-refractivity contribution < 1.29 is 4.52 Å². The van der Waals surface area contributed by atoms with Crippen LogP contribution < -0.4 is 10.6 Å². The van der Waals surface area contributed by atoms with Gasteiger partial charge in [0.15, 0.2) is 11.8 Å². The highest BCUT2D eigenvalue weighted by molar-refractivity contribution is 14.0. The van der Waals surface area contributed by atoms with Gasteiger partial charge in [-0.15, -0.1) is 24.0 Å². The van der Waals surface area contributed by atoms with Gasteiger partial charge in [0.05, 0.1) is 6.54 Å². The molecule has 0 amide bonds. The standard InChI is InChI=1S/C13H25N5O.HI/c1-5-6-7-8-10(2)16-13(14-4)15-9-12-17-11(3)19-18-12;/h10H,5-9H2,1-4H3,(H2,14,15,16);1H. The van der Waals surface area contributed by atoms with Crippen molar-refractivity contribution >= 4 is 29.9 Å². The molecule has 116 valence electrons. The van der Waals surface area contributed by atoms with Crippen LogP contribution in [-0.4, -0.2) is 29.2 Å². The van der Waals surface area contributed by atoms with E-state index in [9.17, 15) is 0 Å². The molecule has 1 atom stereocenters. The first-order valence-corrected chi connectivity index (χ1v) is 6.92. The molecule has 0 spiro atoms. The summed E-state index contributed by atoms with van der Waals surface area (Å²) in [6.07, 6.45) is 4.92. The van der Waals surface area contributed by atoms with Crippen molar-refractivity contribution in [2.45, 2.75) is 59.0 Å². The van der Waals surface area contributed by atoms with E-state index >= 15 is 0 Å². The molecule has 7 heteroatoms. The Morgan fingerprint density at radius 3 is 2.70 bits per heavy atom. The first-order valence-electron chi connectivity index (χ1n) is 6.92. The highest BCUT2D eigenvalue weighted by Gasteiger charge is 2.07. The van der Waals surface area contributed by atoms with Gasteiger partial charge in [0.1, 0.15) is 0 Å². The number of aromatic nitrogens is 2. The van der Waals surface area contributed by atoms with Crippen LogP contribution in [0.15, 0.2) is 9.52 Å². The Morgan fingerprint density at radius 2 is 2.15 bits per heavy atom. The fourth-order valence-electron chi connectivity index (χ4n) is 1.78. The molecule has 0 aliphatic rings. The van der Waals surface area contributed by atoms with Crippen molar-refractivity contribution in [2.75, 3.05) is 7.05 Å². The van der Waals surface area contributed by atoms with E-state index in [2.05, 4.69) is 39.6 Å². The van der Waals surface area contributed by atoms with E-state index in [1.54, 1.807) is 14.0 Å². The SMILES string of the molecule is CCCCCC(C)NC(=NC)NCc1noc(C)n1.I. The number of halogens is 1. The first-order chi connectivity index (χ1) is 9.15. The Kier molecular flexibility index (Phi) is 10.4. The molecule has 0 fully saturated rings. The van der Waals surface area contributed by atoms with Crippen LogP contribution >= 0.6 is 24.0 Å². The van der Waals surface area contributed by atoms with Gasteiger partial charge in [-0.3, -0.25) is 4.99 Å². The molecule has 6 nitrogen and oxygen atoms in total. The van der Waals surface area contributed by atoms with Gasteiger partial charge in [-0.25, -0.2) is 0 Å². The number of nitrogens with zero attached hydrogens (tertiary/aromatic N) is 3. The van der Waals surface area contributed by atoms with Gasteiger partial charge in [-0.2, -0.15) is 4.98 Å². The number of rotatable bonds is 7. The third-order valence-electron chi connectivity index (χ3n) is 2.83. The van der Waals surface area contributed by atoms with E-state index in [0.29, 0.717) is 24.3 Å². The molecule has 1 rings (SSSR count). The van der Waals surface area contributed by atoms with E-state index in [4.69, 9.17) is 4.52 Å². The zero-order chi connectivity index (χ0) is 14.1. The number of aliphatic imine (C=N–C) groups is 1. The Bertz CT molecular complexity index is 394. The minimum absolute atomic E-state index is 0. The number of aryl methyl sites for hydroxylation is 1. The highest BCUT2D eigenvalue weighted by Crippen LogP contribution is 2.02. The second-order valence-electron chi connectivity index (χ2n) is 4.70. The maximum atomic E-state index is 4.92. The zero-order valence-corrected chi connectivity index (χ0v) is 15.1. The predicted octanol–water partition coefficient (Wildman–Crippen LogP) is 2.63. The van der Waals surface area contributed by atoms with Crippen LogP contribution in [-0.2, 0) is 6.54 Å². The number of hydrogen-bond acceptors (Lipinski definition) is 4. The lowest BCUT2D eigenvalue weighted by Gasteiger charge is -2.17. The van der Waals surface area contributed by atoms with Crippen molar-refractivity contribution in [3.63, 3.8) is 0 Å². The van der Waals surface area contributed by atoms with Crippen molar-refractivity contribution in [2.24, 2.45) is 4.99 Å². The highest BCUT2D eigenvalue weighted by atomic mass is 127. The van der Waals surface area contributed by atoms with Gasteiger partial charge in [-0.1, -0.05) is 31.3 Å². The summed E-state index contributed by atoms with van der Waals surface area (Å²) in [4.78, 5) is 8.32. The largest absolute Gasteiger partial charge is 0.354 e. The molecule has 1 aromatic heterocycles. The number of hydrogen-bond donors (Lipinski definition) is 2. The van der Waals surface area contributed by atoms with Crippen LogP contribution in [0.5, 0.6) is 0 Å².